The van der Waals surface area contributed by atoms with Gasteiger partial charge in [0.1, 0.15) is 0 Å². The van der Waals surface area contributed by atoms with Gasteiger partial charge in [0.05, 0.1) is 50.2 Å². The first-order valence-electron chi connectivity index (χ1n) is 29.3. The quantitative estimate of drug-likeness (QED) is 0.177. The van der Waals surface area contributed by atoms with Gasteiger partial charge < -0.3 is 13.7 Å². The van der Waals surface area contributed by atoms with Gasteiger partial charge in [-0.2, -0.15) is 0 Å². The Kier molecular flexibility index (Phi) is 7.48. The lowest BCUT2D eigenvalue weighted by molar-refractivity contribution is 0.593. The van der Waals surface area contributed by atoms with Crippen LogP contribution in [0.2, 0.25) is 0 Å². The lowest BCUT2D eigenvalue weighted by Gasteiger charge is -2.42. The minimum atomic E-state index is -0.322. The van der Waals surface area contributed by atoms with Crippen LogP contribution in [0.4, 0.5) is 0 Å². The molecular weight excluding hydrogens is 985 g/mol. The minimum absolute atomic E-state index is 0.175. The monoisotopic (exact) mass is 1040 g/mol. The first kappa shape index (κ1) is 45.2. The van der Waals surface area contributed by atoms with E-state index in [1.54, 1.807) is 0 Å². The van der Waals surface area contributed by atoms with Crippen LogP contribution in [0.5, 0.6) is 0 Å². The molecule has 0 saturated carbocycles. The molecule has 0 fully saturated rings. The SMILES string of the molecule is CC1(C)c2cccc3c2-n2c4c1cccc4c1cc(-c4nc(-c5cc6c7c(c5)c5cccc8c5n7-c5c(cccc5C6(C)C)C8(C)C)nc(-c5cc6c7c(c5)c5cccc8c5n7-c5c(cccc5C6(C)C)C8(C)C)n4)cc(c12)C3(C)C. The first-order chi connectivity index (χ1) is 38.7. The van der Waals surface area contributed by atoms with Crippen LogP contribution >= 0.6 is 0 Å². The summed E-state index contributed by atoms with van der Waals surface area (Å²) in [4.78, 5) is 17.3. The van der Waals surface area contributed by atoms with E-state index < -0.39 is 0 Å². The molecule has 6 aliphatic heterocycles. The summed E-state index contributed by atoms with van der Waals surface area (Å²) in [6, 6.07) is 56.4. The third kappa shape index (κ3) is 4.81. The zero-order chi connectivity index (χ0) is 54.9. The molecule has 0 bridgehead atoms. The summed E-state index contributed by atoms with van der Waals surface area (Å²) >= 11 is 0. The second-order valence-corrected chi connectivity index (χ2v) is 28.0. The van der Waals surface area contributed by atoms with Gasteiger partial charge in [0.15, 0.2) is 17.5 Å². The molecule has 6 nitrogen and oxygen atoms in total. The van der Waals surface area contributed by atoms with Crippen LogP contribution in [-0.4, -0.2) is 28.7 Å². The largest absolute Gasteiger partial charge is 0.308 e. The van der Waals surface area contributed by atoms with Crippen molar-refractivity contribution in [3.05, 3.63) is 212 Å². The van der Waals surface area contributed by atoms with Gasteiger partial charge in [-0.3, -0.25) is 0 Å². The maximum absolute atomic E-state index is 5.78. The van der Waals surface area contributed by atoms with Gasteiger partial charge in [-0.25, -0.2) is 15.0 Å². The highest BCUT2D eigenvalue weighted by atomic mass is 15.1. The molecule has 390 valence electrons. The number of para-hydroxylation sites is 6. The van der Waals surface area contributed by atoms with E-state index in [1.807, 2.05) is 0 Å². The maximum Gasteiger partial charge on any atom is 0.164 e. The van der Waals surface area contributed by atoms with E-state index in [9.17, 15) is 0 Å². The Balaban J connectivity index is 0.933. The lowest BCUT2D eigenvalue weighted by Crippen LogP contribution is -2.33. The predicted octanol–water partition coefficient (Wildman–Crippen LogP) is 18.0. The Morgan fingerprint density at radius 3 is 0.704 bits per heavy atom. The van der Waals surface area contributed by atoms with Gasteiger partial charge in [-0.1, -0.05) is 192 Å². The van der Waals surface area contributed by atoms with E-state index in [0.717, 1.165) is 16.7 Å². The number of hydrogen-bond acceptors (Lipinski definition) is 3. The van der Waals surface area contributed by atoms with E-state index in [-0.39, 0.29) is 32.5 Å². The first-order valence-corrected chi connectivity index (χ1v) is 29.3. The summed E-state index contributed by atoms with van der Waals surface area (Å²) in [7, 11) is 0. The van der Waals surface area contributed by atoms with Crippen molar-refractivity contribution in [1.82, 2.24) is 28.7 Å². The highest BCUT2D eigenvalue weighted by molar-refractivity contribution is 6.18. The summed E-state index contributed by atoms with van der Waals surface area (Å²) in [6.07, 6.45) is 0. The van der Waals surface area contributed by atoms with Crippen LogP contribution in [0.15, 0.2) is 146 Å². The summed E-state index contributed by atoms with van der Waals surface area (Å²) in [5.41, 5.74) is 29.5. The average molecular weight is 1050 g/mol. The number of rotatable bonds is 3. The third-order valence-corrected chi connectivity index (χ3v) is 21.9. The van der Waals surface area contributed by atoms with E-state index in [4.69, 9.17) is 15.0 Å². The fourth-order valence-corrected chi connectivity index (χ4v) is 17.6. The molecule has 0 aliphatic carbocycles. The second kappa shape index (κ2) is 13.4. The summed E-state index contributed by atoms with van der Waals surface area (Å²) in [5.74, 6) is 2.03. The highest BCUT2D eigenvalue weighted by Crippen LogP contribution is 2.60. The Hall–Kier alpha value is -8.61. The normalized spacial score (nSPS) is 18.2. The van der Waals surface area contributed by atoms with Crippen LogP contribution in [0.3, 0.4) is 0 Å². The summed E-state index contributed by atoms with van der Waals surface area (Å²) < 4.78 is 7.83. The van der Waals surface area contributed by atoms with E-state index in [1.165, 1.54) is 149 Å². The molecule has 0 amide bonds. The molecule has 0 spiro atoms. The van der Waals surface area contributed by atoms with Crippen molar-refractivity contribution >= 4 is 65.4 Å². The molecule has 9 aromatic carbocycles. The van der Waals surface area contributed by atoms with Crippen molar-refractivity contribution in [1.29, 1.82) is 0 Å². The van der Waals surface area contributed by atoms with E-state index in [2.05, 4.69) is 242 Å². The Morgan fingerprint density at radius 2 is 0.444 bits per heavy atom. The van der Waals surface area contributed by atoms with Crippen molar-refractivity contribution in [3.63, 3.8) is 0 Å². The Bertz CT molecular complexity index is 4750. The van der Waals surface area contributed by atoms with Crippen molar-refractivity contribution in [3.8, 4) is 51.2 Å². The molecule has 0 N–H and O–H groups in total. The highest BCUT2D eigenvalue weighted by Gasteiger charge is 2.47. The van der Waals surface area contributed by atoms with Gasteiger partial charge in [0, 0.05) is 81.5 Å². The van der Waals surface area contributed by atoms with Gasteiger partial charge in [0.25, 0.3) is 0 Å². The smallest absolute Gasteiger partial charge is 0.164 e. The maximum atomic E-state index is 5.78. The van der Waals surface area contributed by atoms with Crippen LogP contribution < -0.4 is 0 Å². The van der Waals surface area contributed by atoms with Crippen LogP contribution in [-0.2, 0) is 32.5 Å². The van der Waals surface area contributed by atoms with Crippen molar-refractivity contribution < 1.29 is 0 Å². The van der Waals surface area contributed by atoms with Crippen molar-refractivity contribution in [2.75, 3.05) is 0 Å². The number of hydrogen-bond donors (Lipinski definition) is 0. The standard InChI is InChI=1S/C75H60N6/c1-70(2)46-22-13-19-40-43-31-37(34-55-61(43)79(58(40)46)64-49(70)25-16-28-52(64)73(55,7)8)67-76-68(38-32-44-41-20-14-23-47-59(41)80-62(44)56(35-38)74(9,10)53-29-17-26-50(65(53)80)71(47,3)4)78-69(77-67)39-33-45-42-21-15-24-48-60(42)81-63(45)57(36-39)75(11,12)54-30-18-27-51(66(54)81)72(48,5)6/h13-36H,1-12H3. The van der Waals surface area contributed by atoms with Crippen molar-refractivity contribution in [2.24, 2.45) is 0 Å². The minimum Gasteiger partial charge on any atom is -0.308 e. The van der Waals surface area contributed by atoms with E-state index >= 15 is 0 Å². The molecule has 6 aliphatic rings. The number of aromatic nitrogens is 6. The zero-order valence-electron chi connectivity index (χ0n) is 48.0. The average Bonchev–Trinajstić information content (AvgIpc) is 3.05. The molecule has 0 atom stereocenters. The predicted molar refractivity (Wildman–Crippen MR) is 332 cm³/mol. The summed E-state index contributed by atoms with van der Waals surface area (Å²) in [6.45, 7) is 28.9. The molecule has 0 unspecified atom stereocenters. The fraction of sp³-hybridized carbons (Fsp3) is 0.240. The molecule has 0 saturated heterocycles. The second-order valence-electron chi connectivity index (χ2n) is 28.0. The molecular formula is C75H60N6. The third-order valence-electron chi connectivity index (χ3n) is 21.9. The Labute approximate surface area is 470 Å². The van der Waals surface area contributed by atoms with E-state index in [0.29, 0.717) is 17.5 Å². The molecule has 0 radical (unpaired) electrons. The number of fused-ring (bicyclic) bond motifs is 3. The lowest BCUT2D eigenvalue weighted by atomic mass is 9.68. The van der Waals surface area contributed by atoms with Gasteiger partial charge in [0.2, 0.25) is 0 Å². The molecule has 13 aromatic rings. The molecule has 81 heavy (non-hydrogen) atoms. The number of nitrogens with zero attached hydrogens (tertiary/aromatic N) is 6. The Morgan fingerprint density at radius 1 is 0.235 bits per heavy atom. The van der Waals surface area contributed by atoms with Gasteiger partial charge in [-0.05, 0) is 103 Å². The molecule has 19 rings (SSSR count). The van der Waals surface area contributed by atoms with Gasteiger partial charge >= 0.3 is 0 Å². The molecule has 6 heteroatoms. The van der Waals surface area contributed by atoms with Crippen LogP contribution in [0, 0.1) is 0 Å². The fourth-order valence-electron chi connectivity index (χ4n) is 17.6. The summed E-state index contributed by atoms with van der Waals surface area (Å²) in [5, 5.41) is 7.51. The number of benzene rings is 9. The molecule has 10 heterocycles. The zero-order valence-corrected chi connectivity index (χ0v) is 48.0. The van der Waals surface area contributed by atoms with Gasteiger partial charge in [-0.15, -0.1) is 0 Å². The molecule has 4 aromatic heterocycles. The topological polar surface area (TPSA) is 53.5 Å². The van der Waals surface area contributed by atoms with Crippen molar-refractivity contribution in [2.45, 2.75) is 116 Å². The van der Waals surface area contributed by atoms with Crippen LogP contribution in [0.25, 0.3) is 117 Å². The van der Waals surface area contributed by atoms with Crippen LogP contribution in [0.1, 0.15) is 150 Å².